The minimum atomic E-state index is -0.180. The van der Waals surface area contributed by atoms with Gasteiger partial charge in [0.25, 0.3) is 0 Å². The number of amides is 1. The Hall–Kier alpha value is -1.55. The average molecular weight is 261 g/mol. The number of benzene rings is 1. The third kappa shape index (κ3) is 3.47. The minimum Gasteiger partial charge on any atom is -0.370 e. The minimum absolute atomic E-state index is 0.00823. The number of hydrogen-bond acceptors (Lipinski definition) is 3. The fourth-order valence-electron chi connectivity index (χ4n) is 2.49. The first-order valence-corrected chi connectivity index (χ1v) is 6.93. The number of nitrogens with one attached hydrogen (secondary N) is 1. The van der Waals surface area contributed by atoms with Crippen LogP contribution >= 0.6 is 0 Å². The number of nitrogens with zero attached hydrogens (tertiary/aromatic N) is 1. The van der Waals surface area contributed by atoms with Gasteiger partial charge in [-0.2, -0.15) is 0 Å². The van der Waals surface area contributed by atoms with E-state index in [0.29, 0.717) is 6.04 Å². The van der Waals surface area contributed by atoms with E-state index in [-0.39, 0.29) is 11.8 Å². The summed E-state index contributed by atoms with van der Waals surface area (Å²) in [5.74, 6) is -0.189. The number of carbonyl (C=O) groups is 1. The Morgan fingerprint density at radius 3 is 2.84 bits per heavy atom. The Balaban J connectivity index is 2.09. The van der Waals surface area contributed by atoms with Crippen molar-refractivity contribution >= 4 is 11.6 Å². The molecular formula is C15H23N3O. The molecular weight excluding hydrogens is 238 g/mol. The molecule has 0 aliphatic carbocycles. The number of carbonyl (C=O) groups excluding carboxylic acids is 1. The molecule has 3 N–H and O–H groups in total. The number of anilines is 1. The molecule has 1 aliphatic heterocycles. The second-order valence-electron chi connectivity index (χ2n) is 5.50. The van der Waals surface area contributed by atoms with Crippen molar-refractivity contribution in [3.05, 3.63) is 29.8 Å². The Morgan fingerprint density at radius 2 is 2.21 bits per heavy atom. The average Bonchev–Trinajstić information content (AvgIpc) is 2.86. The predicted octanol–water partition coefficient (Wildman–Crippen LogP) is 1.50. The van der Waals surface area contributed by atoms with Crippen molar-refractivity contribution in [3.63, 3.8) is 0 Å². The monoisotopic (exact) mass is 261 g/mol. The summed E-state index contributed by atoms with van der Waals surface area (Å²) >= 11 is 0. The Morgan fingerprint density at radius 1 is 1.47 bits per heavy atom. The maximum Gasteiger partial charge on any atom is 0.222 e. The Bertz CT molecular complexity index is 445. The van der Waals surface area contributed by atoms with Crippen LogP contribution in [0.4, 0.5) is 5.69 Å². The summed E-state index contributed by atoms with van der Waals surface area (Å²) in [5, 5.41) is 3.44. The van der Waals surface area contributed by atoms with E-state index in [4.69, 9.17) is 5.73 Å². The third-order valence-electron chi connectivity index (χ3n) is 3.62. The van der Waals surface area contributed by atoms with Gasteiger partial charge in [0, 0.05) is 31.4 Å². The number of rotatable bonds is 5. The van der Waals surface area contributed by atoms with Gasteiger partial charge in [0.2, 0.25) is 5.91 Å². The van der Waals surface area contributed by atoms with Gasteiger partial charge in [-0.3, -0.25) is 4.79 Å². The first-order chi connectivity index (χ1) is 9.08. The van der Waals surface area contributed by atoms with Gasteiger partial charge in [-0.1, -0.05) is 32.0 Å². The van der Waals surface area contributed by atoms with Crippen LogP contribution in [0.3, 0.4) is 0 Å². The molecule has 4 heteroatoms. The van der Waals surface area contributed by atoms with E-state index in [1.165, 1.54) is 11.3 Å². The highest BCUT2D eigenvalue weighted by Gasteiger charge is 2.27. The lowest BCUT2D eigenvalue weighted by molar-refractivity contribution is -0.121. The lowest BCUT2D eigenvalue weighted by Crippen LogP contribution is -2.28. The largest absolute Gasteiger partial charge is 0.370 e. The number of hydrogen-bond donors (Lipinski definition) is 2. The van der Waals surface area contributed by atoms with Crippen LogP contribution in [0.5, 0.6) is 0 Å². The standard InChI is InChI=1S/C15H23N3O/c1-11(2)17-9-12-5-3-4-6-14(12)18-8-7-13(10-18)15(16)19/h3-6,11,13,17H,7-10H2,1-2H3,(H2,16,19). The molecule has 1 heterocycles. The highest BCUT2D eigenvalue weighted by molar-refractivity contribution is 5.78. The number of nitrogens with two attached hydrogens (primary N) is 1. The first-order valence-electron chi connectivity index (χ1n) is 6.93. The van der Waals surface area contributed by atoms with Crippen molar-refractivity contribution in [1.82, 2.24) is 5.32 Å². The maximum absolute atomic E-state index is 11.3. The number of primary amides is 1. The van der Waals surface area contributed by atoms with Gasteiger partial charge < -0.3 is 16.0 Å². The van der Waals surface area contributed by atoms with Crippen molar-refractivity contribution in [3.8, 4) is 0 Å². The van der Waals surface area contributed by atoms with E-state index >= 15 is 0 Å². The van der Waals surface area contributed by atoms with Crippen LogP contribution in [0, 0.1) is 5.92 Å². The van der Waals surface area contributed by atoms with Crippen LogP contribution < -0.4 is 16.0 Å². The number of para-hydroxylation sites is 1. The second kappa shape index (κ2) is 6.06. The molecule has 0 bridgehead atoms. The Labute approximate surface area is 115 Å². The molecule has 1 aliphatic rings. The first kappa shape index (κ1) is 13.9. The van der Waals surface area contributed by atoms with E-state index in [0.717, 1.165) is 26.1 Å². The van der Waals surface area contributed by atoms with Gasteiger partial charge in [0.1, 0.15) is 0 Å². The molecule has 1 amide bonds. The summed E-state index contributed by atoms with van der Waals surface area (Å²) in [6.07, 6.45) is 0.862. The molecule has 1 aromatic rings. The fourth-order valence-corrected chi connectivity index (χ4v) is 2.49. The van der Waals surface area contributed by atoms with Gasteiger partial charge >= 0.3 is 0 Å². The molecule has 104 valence electrons. The summed E-state index contributed by atoms with van der Waals surface area (Å²) in [7, 11) is 0. The van der Waals surface area contributed by atoms with Crippen LogP contribution in [-0.2, 0) is 11.3 Å². The van der Waals surface area contributed by atoms with E-state index in [9.17, 15) is 4.79 Å². The van der Waals surface area contributed by atoms with Gasteiger partial charge in [-0.15, -0.1) is 0 Å². The zero-order chi connectivity index (χ0) is 13.8. The summed E-state index contributed by atoms with van der Waals surface area (Å²) in [6, 6.07) is 8.84. The van der Waals surface area contributed by atoms with Crippen LogP contribution in [0.2, 0.25) is 0 Å². The fraction of sp³-hybridized carbons (Fsp3) is 0.533. The highest BCUT2D eigenvalue weighted by atomic mass is 16.1. The molecule has 1 aromatic carbocycles. The van der Waals surface area contributed by atoms with Gasteiger partial charge in [-0.25, -0.2) is 0 Å². The SMILES string of the molecule is CC(C)NCc1ccccc1N1CCC(C(N)=O)C1. The van der Waals surface area contributed by atoms with Crippen LogP contribution in [0.25, 0.3) is 0 Å². The zero-order valence-electron chi connectivity index (χ0n) is 11.7. The molecule has 0 aromatic heterocycles. The highest BCUT2D eigenvalue weighted by Crippen LogP contribution is 2.27. The zero-order valence-corrected chi connectivity index (χ0v) is 11.7. The molecule has 1 saturated heterocycles. The van der Waals surface area contributed by atoms with Crippen LogP contribution in [-0.4, -0.2) is 25.0 Å². The van der Waals surface area contributed by atoms with Crippen LogP contribution in [0.15, 0.2) is 24.3 Å². The van der Waals surface area contributed by atoms with Gasteiger partial charge in [-0.05, 0) is 18.1 Å². The molecule has 2 rings (SSSR count). The second-order valence-corrected chi connectivity index (χ2v) is 5.50. The predicted molar refractivity (Wildman–Crippen MR) is 77.9 cm³/mol. The molecule has 1 unspecified atom stereocenters. The lowest BCUT2D eigenvalue weighted by Gasteiger charge is -2.22. The van der Waals surface area contributed by atoms with Crippen LogP contribution in [0.1, 0.15) is 25.8 Å². The summed E-state index contributed by atoms with van der Waals surface area (Å²) < 4.78 is 0. The smallest absolute Gasteiger partial charge is 0.222 e. The van der Waals surface area contributed by atoms with Crippen molar-refractivity contribution in [1.29, 1.82) is 0 Å². The topological polar surface area (TPSA) is 58.4 Å². The van der Waals surface area contributed by atoms with Crippen molar-refractivity contribution in [2.24, 2.45) is 11.7 Å². The molecule has 0 radical (unpaired) electrons. The van der Waals surface area contributed by atoms with E-state index < -0.39 is 0 Å². The third-order valence-corrected chi connectivity index (χ3v) is 3.62. The summed E-state index contributed by atoms with van der Waals surface area (Å²) in [6.45, 7) is 6.79. The van der Waals surface area contributed by atoms with Gasteiger partial charge in [0.05, 0.1) is 5.92 Å². The molecule has 19 heavy (non-hydrogen) atoms. The molecule has 0 spiro atoms. The van der Waals surface area contributed by atoms with Crippen molar-refractivity contribution in [2.75, 3.05) is 18.0 Å². The maximum atomic E-state index is 11.3. The molecule has 0 saturated carbocycles. The normalized spacial score (nSPS) is 19.1. The van der Waals surface area contributed by atoms with Crippen molar-refractivity contribution < 1.29 is 4.79 Å². The van der Waals surface area contributed by atoms with E-state index in [2.05, 4.69) is 42.3 Å². The summed E-state index contributed by atoms with van der Waals surface area (Å²) in [5.41, 5.74) is 7.90. The lowest BCUT2D eigenvalue weighted by atomic mass is 10.1. The summed E-state index contributed by atoms with van der Waals surface area (Å²) in [4.78, 5) is 13.5. The van der Waals surface area contributed by atoms with Crippen molar-refractivity contribution in [2.45, 2.75) is 32.9 Å². The van der Waals surface area contributed by atoms with E-state index in [1.807, 2.05) is 6.07 Å². The molecule has 1 fully saturated rings. The molecule has 4 nitrogen and oxygen atoms in total. The Kier molecular flexibility index (Phi) is 4.43. The van der Waals surface area contributed by atoms with Gasteiger partial charge in [0.15, 0.2) is 0 Å². The molecule has 1 atom stereocenters. The quantitative estimate of drug-likeness (QED) is 0.844. The van der Waals surface area contributed by atoms with E-state index in [1.54, 1.807) is 0 Å².